The maximum atomic E-state index is 12.7. The van der Waals surface area contributed by atoms with Gasteiger partial charge in [0.25, 0.3) is 0 Å². The standard InChI is InChI=1S/C27H29N3O5/c1-19(14-15-25(32)30-24-13-6-5-12-23(24)28)26(20-8-7-11-22(18-20)34-17-16-31)35-27(33)29-21-9-3-2-4-10-21/h2-15,18-19,26,31H,16-17,28H2,1H3,(H,29,33)(H,30,32)/b15-14+/t19-,26+/m1/s1. The lowest BCUT2D eigenvalue weighted by molar-refractivity contribution is -0.111. The molecule has 0 radical (unpaired) electrons. The molecule has 2 amide bonds. The maximum absolute atomic E-state index is 12.7. The van der Waals surface area contributed by atoms with E-state index in [1.807, 2.05) is 13.0 Å². The van der Waals surface area contributed by atoms with Gasteiger partial charge in [-0.25, -0.2) is 4.79 Å². The zero-order valence-electron chi connectivity index (χ0n) is 19.4. The van der Waals surface area contributed by atoms with Crippen molar-refractivity contribution in [2.24, 2.45) is 5.92 Å². The second-order valence-electron chi connectivity index (χ2n) is 7.76. The third-order valence-electron chi connectivity index (χ3n) is 5.05. The quantitative estimate of drug-likeness (QED) is 0.248. The lowest BCUT2D eigenvalue weighted by Crippen LogP contribution is -2.21. The Balaban J connectivity index is 1.77. The predicted molar refractivity (Wildman–Crippen MR) is 136 cm³/mol. The smallest absolute Gasteiger partial charge is 0.412 e. The summed E-state index contributed by atoms with van der Waals surface area (Å²) in [5.74, 6) is -0.201. The highest BCUT2D eigenvalue weighted by Gasteiger charge is 2.23. The number of hydrogen-bond acceptors (Lipinski definition) is 6. The number of aliphatic hydroxyl groups excluding tert-OH is 1. The molecule has 3 aromatic rings. The van der Waals surface area contributed by atoms with E-state index < -0.39 is 12.2 Å². The van der Waals surface area contributed by atoms with Crippen molar-refractivity contribution < 1.29 is 24.2 Å². The van der Waals surface area contributed by atoms with Crippen LogP contribution in [0.4, 0.5) is 21.9 Å². The Morgan fingerprint density at radius 2 is 1.74 bits per heavy atom. The highest BCUT2D eigenvalue weighted by Crippen LogP contribution is 2.30. The number of benzene rings is 3. The summed E-state index contributed by atoms with van der Waals surface area (Å²) < 4.78 is 11.3. The topological polar surface area (TPSA) is 123 Å². The Labute approximate surface area is 204 Å². The second-order valence-corrected chi connectivity index (χ2v) is 7.76. The van der Waals surface area contributed by atoms with Crippen LogP contribution < -0.4 is 21.1 Å². The molecule has 0 saturated heterocycles. The fourth-order valence-corrected chi connectivity index (χ4v) is 3.33. The van der Waals surface area contributed by atoms with Gasteiger partial charge in [0.15, 0.2) is 0 Å². The van der Waals surface area contributed by atoms with Crippen LogP contribution in [0.2, 0.25) is 0 Å². The van der Waals surface area contributed by atoms with E-state index in [1.165, 1.54) is 6.08 Å². The van der Waals surface area contributed by atoms with Gasteiger partial charge in [0.05, 0.1) is 18.0 Å². The molecule has 0 heterocycles. The van der Waals surface area contributed by atoms with Crippen LogP contribution in [-0.2, 0) is 9.53 Å². The van der Waals surface area contributed by atoms with Crippen LogP contribution >= 0.6 is 0 Å². The van der Waals surface area contributed by atoms with Crippen LogP contribution in [0.25, 0.3) is 0 Å². The summed E-state index contributed by atoms with van der Waals surface area (Å²) in [5.41, 5.74) is 8.13. The number of amides is 2. The Kier molecular flexibility index (Phi) is 9.27. The number of ether oxygens (including phenoxy) is 2. The van der Waals surface area contributed by atoms with Crippen LogP contribution in [0.15, 0.2) is 91.0 Å². The molecule has 0 saturated carbocycles. The highest BCUT2D eigenvalue weighted by atomic mass is 16.6. The lowest BCUT2D eigenvalue weighted by Gasteiger charge is -2.23. The van der Waals surface area contributed by atoms with Crippen LogP contribution in [-0.4, -0.2) is 30.3 Å². The highest BCUT2D eigenvalue weighted by molar-refractivity contribution is 6.01. The summed E-state index contributed by atoms with van der Waals surface area (Å²) in [6.07, 6.45) is 1.69. The fraction of sp³-hybridized carbons (Fsp3) is 0.185. The first-order valence-corrected chi connectivity index (χ1v) is 11.2. The van der Waals surface area contributed by atoms with E-state index in [2.05, 4.69) is 10.6 Å². The van der Waals surface area contributed by atoms with Crippen molar-refractivity contribution in [1.82, 2.24) is 0 Å². The number of aliphatic hydroxyl groups is 1. The number of anilines is 3. The molecule has 3 rings (SSSR count). The normalized spacial score (nSPS) is 12.5. The van der Waals surface area contributed by atoms with Crippen molar-refractivity contribution in [3.05, 3.63) is 96.6 Å². The third kappa shape index (κ3) is 7.90. The van der Waals surface area contributed by atoms with Crippen LogP contribution in [0, 0.1) is 5.92 Å². The monoisotopic (exact) mass is 475 g/mol. The van der Waals surface area contributed by atoms with Gasteiger partial charge in [-0.05, 0) is 48.0 Å². The second kappa shape index (κ2) is 12.8. The van der Waals surface area contributed by atoms with E-state index in [-0.39, 0.29) is 25.0 Å². The molecular weight excluding hydrogens is 446 g/mol. The molecule has 8 heteroatoms. The van der Waals surface area contributed by atoms with Crippen LogP contribution in [0.3, 0.4) is 0 Å². The van der Waals surface area contributed by atoms with E-state index in [1.54, 1.807) is 78.9 Å². The van der Waals surface area contributed by atoms with Gasteiger partial charge in [-0.15, -0.1) is 0 Å². The largest absolute Gasteiger partial charge is 0.491 e. The molecule has 0 unspecified atom stereocenters. The van der Waals surface area contributed by atoms with E-state index in [0.717, 1.165) is 0 Å². The van der Waals surface area contributed by atoms with E-state index in [0.29, 0.717) is 28.4 Å². The first-order chi connectivity index (χ1) is 17.0. The molecule has 0 bridgehead atoms. The number of nitrogens with one attached hydrogen (secondary N) is 2. The summed E-state index contributed by atoms with van der Waals surface area (Å²) in [6, 6.07) is 23.0. The Bertz CT molecular complexity index is 1150. The van der Waals surface area contributed by atoms with Crippen molar-refractivity contribution in [3.8, 4) is 5.75 Å². The minimum absolute atomic E-state index is 0.121. The van der Waals surface area contributed by atoms with Crippen molar-refractivity contribution in [2.75, 3.05) is 29.6 Å². The van der Waals surface area contributed by atoms with Gasteiger partial charge in [-0.2, -0.15) is 0 Å². The zero-order valence-corrected chi connectivity index (χ0v) is 19.4. The van der Waals surface area contributed by atoms with E-state index >= 15 is 0 Å². The summed E-state index contributed by atoms with van der Waals surface area (Å²) in [6.45, 7) is 1.86. The minimum atomic E-state index is -0.720. The van der Waals surface area contributed by atoms with Crippen molar-refractivity contribution in [1.29, 1.82) is 0 Å². The first kappa shape index (κ1) is 25.3. The number of hydrogen-bond donors (Lipinski definition) is 4. The Morgan fingerprint density at radius 3 is 2.49 bits per heavy atom. The predicted octanol–water partition coefficient (Wildman–Crippen LogP) is 4.76. The summed E-state index contributed by atoms with van der Waals surface area (Å²) in [7, 11) is 0. The van der Waals surface area contributed by atoms with Gasteiger partial charge in [-0.1, -0.05) is 55.5 Å². The van der Waals surface area contributed by atoms with Gasteiger partial charge in [0.1, 0.15) is 18.5 Å². The number of carbonyl (C=O) groups is 2. The van der Waals surface area contributed by atoms with E-state index in [9.17, 15) is 9.59 Å². The van der Waals surface area contributed by atoms with E-state index in [4.69, 9.17) is 20.3 Å². The summed E-state index contributed by atoms with van der Waals surface area (Å²) in [5, 5.41) is 14.5. The SMILES string of the molecule is C[C@H](/C=C/C(=O)Nc1ccccc1N)[C@H](OC(=O)Nc1ccccc1)c1cccc(OCCO)c1. The van der Waals surface area contributed by atoms with Crippen LogP contribution in [0.1, 0.15) is 18.6 Å². The summed E-state index contributed by atoms with van der Waals surface area (Å²) >= 11 is 0. The van der Waals surface area contributed by atoms with Crippen molar-refractivity contribution >= 4 is 29.1 Å². The maximum Gasteiger partial charge on any atom is 0.412 e. The molecule has 3 aromatic carbocycles. The molecule has 0 aliphatic carbocycles. The molecule has 2 atom stereocenters. The average molecular weight is 476 g/mol. The minimum Gasteiger partial charge on any atom is -0.491 e. The van der Waals surface area contributed by atoms with Gasteiger partial charge in [-0.3, -0.25) is 10.1 Å². The third-order valence-corrected chi connectivity index (χ3v) is 5.05. The van der Waals surface area contributed by atoms with Gasteiger partial charge >= 0.3 is 6.09 Å². The van der Waals surface area contributed by atoms with Gasteiger partial charge < -0.3 is 25.6 Å². The van der Waals surface area contributed by atoms with Gasteiger partial charge in [0, 0.05) is 11.6 Å². The number of nitrogens with two attached hydrogens (primary N) is 1. The number of para-hydroxylation sites is 3. The molecule has 0 aromatic heterocycles. The average Bonchev–Trinajstić information content (AvgIpc) is 2.87. The molecule has 8 nitrogen and oxygen atoms in total. The number of rotatable bonds is 10. The summed E-state index contributed by atoms with van der Waals surface area (Å²) in [4.78, 5) is 25.1. The number of carbonyl (C=O) groups excluding carboxylic acids is 2. The molecule has 0 aliphatic heterocycles. The van der Waals surface area contributed by atoms with Crippen molar-refractivity contribution in [2.45, 2.75) is 13.0 Å². The molecule has 5 N–H and O–H groups in total. The van der Waals surface area contributed by atoms with Gasteiger partial charge in [0.2, 0.25) is 5.91 Å². The molecule has 182 valence electrons. The van der Waals surface area contributed by atoms with Crippen molar-refractivity contribution in [3.63, 3.8) is 0 Å². The van der Waals surface area contributed by atoms with Crippen LogP contribution in [0.5, 0.6) is 5.75 Å². The molecule has 0 aliphatic rings. The number of nitrogen functional groups attached to an aromatic ring is 1. The fourth-order valence-electron chi connectivity index (χ4n) is 3.33. The molecule has 0 fully saturated rings. The lowest BCUT2D eigenvalue weighted by atomic mass is 9.96. The zero-order chi connectivity index (χ0) is 25.0. The Morgan fingerprint density at radius 1 is 1.00 bits per heavy atom. The molecule has 35 heavy (non-hydrogen) atoms. The Hall–Kier alpha value is -4.30. The molecular formula is C27H29N3O5. The molecule has 0 spiro atoms. The first-order valence-electron chi connectivity index (χ1n) is 11.2.